The lowest BCUT2D eigenvalue weighted by atomic mass is 9.98. The molecule has 8 heteroatoms. The highest BCUT2D eigenvalue weighted by Crippen LogP contribution is 2.25. The number of anilines is 2. The van der Waals surface area contributed by atoms with E-state index in [0.29, 0.717) is 18.9 Å². The minimum Gasteiger partial charge on any atom is -0.435 e. The number of carbonyl (C=O) groups is 1. The van der Waals surface area contributed by atoms with Crippen molar-refractivity contribution in [1.82, 2.24) is 5.32 Å². The lowest BCUT2D eigenvalue weighted by molar-refractivity contribution is -0.115. The van der Waals surface area contributed by atoms with Gasteiger partial charge < -0.3 is 19.7 Å². The molecule has 1 aliphatic heterocycles. The number of alkyl halides is 2. The molecule has 3 aromatic rings. The lowest BCUT2D eigenvalue weighted by Crippen LogP contribution is -2.36. The van der Waals surface area contributed by atoms with Crippen LogP contribution >= 0.6 is 0 Å². The number of amides is 1. The van der Waals surface area contributed by atoms with Crippen LogP contribution in [0, 0.1) is 0 Å². The minimum atomic E-state index is -2.87. The summed E-state index contributed by atoms with van der Waals surface area (Å²) in [6.45, 7) is 0.335. The standard InChI is InChI=1S/C26H27F2N3O3/c27-26(28)34-23-12-6-20(7-13-23)25(19-4-2-1-3-5-19)29-18-24(32)30-21-8-10-22(11-9-21)31-14-16-33-17-15-31/h1-13,25-26,29H,14-18H2,(H,30,32)/t25-/m0/s1. The summed E-state index contributed by atoms with van der Waals surface area (Å²) in [7, 11) is 0. The van der Waals surface area contributed by atoms with E-state index >= 15 is 0 Å². The molecular formula is C26H27F2N3O3. The first-order chi connectivity index (χ1) is 16.6. The van der Waals surface area contributed by atoms with Gasteiger partial charge >= 0.3 is 6.61 Å². The van der Waals surface area contributed by atoms with Gasteiger partial charge in [0.25, 0.3) is 0 Å². The summed E-state index contributed by atoms with van der Waals surface area (Å²) in [6.07, 6.45) is 0. The van der Waals surface area contributed by atoms with E-state index in [9.17, 15) is 13.6 Å². The number of carbonyl (C=O) groups excluding carboxylic acids is 1. The summed E-state index contributed by atoms with van der Waals surface area (Å²) in [6, 6.07) is 23.5. The van der Waals surface area contributed by atoms with E-state index in [2.05, 4.69) is 20.3 Å². The molecule has 0 aromatic heterocycles. The van der Waals surface area contributed by atoms with Crippen LogP contribution < -0.4 is 20.3 Å². The molecule has 0 spiro atoms. The van der Waals surface area contributed by atoms with Crippen molar-refractivity contribution in [3.8, 4) is 5.75 Å². The van der Waals surface area contributed by atoms with Crippen molar-refractivity contribution < 1.29 is 23.0 Å². The summed E-state index contributed by atoms with van der Waals surface area (Å²) in [5.74, 6) is -0.0958. The molecule has 0 bridgehead atoms. The average molecular weight is 468 g/mol. The molecule has 6 nitrogen and oxygen atoms in total. The van der Waals surface area contributed by atoms with Gasteiger partial charge in [0.05, 0.1) is 25.8 Å². The first-order valence-electron chi connectivity index (χ1n) is 11.1. The summed E-state index contributed by atoms with van der Waals surface area (Å²) < 4.78 is 34.8. The molecule has 0 radical (unpaired) electrons. The van der Waals surface area contributed by atoms with E-state index in [0.717, 1.165) is 29.9 Å². The monoisotopic (exact) mass is 467 g/mol. The number of hydrogen-bond donors (Lipinski definition) is 2. The Bertz CT molecular complexity index is 1040. The third-order valence-corrected chi connectivity index (χ3v) is 5.57. The quantitative estimate of drug-likeness (QED) is 0.487. The highest BCUT2D eigenvalue weighted by molar-refractivity contribution is 5.92. The maximum Gasteiger partial charge on any atom is 0.387 e. The normalized spacial score (nSPS) is 14.6. The molecule has 4 rings (SSSR count). The fourth-order valence-electron chi connectivity index (χ4n) is 3.89. The zero-order valence-electron chi connectivity index (χ0n) is 18.6. The molecule has 1 fully saturated rings. The van der Waals surface area contributed by atoms with Crippen molar-refractivity contribution in [2.24, 2.45) is 0 Å². The Morgan fingerprint density at radius 1 is 0.912 bits per heavy atom. The van der Waals surface area contributed by atoms with Gasteiger partial charge in [-0.05, 0) is 47.5 Å². The third-order valence-electron chi connectivity index (χ3n) is 5.57. The van der Waals surface area contributed by atoms with Gasteiger partial charge in [-0.15, -0.1) is 0 Å². The second-order valence-corrected chi connectivity index (χ2v) is 7.87. The average Bonchev–Trinajstić information content (AvgIpc) is 2.86. The molecule has 1 aliphatic rings. The maximum absolute atomic E-state index is 12.6. The number of halogens is 2. The second kappa shape index (κ2) is 11.6. The Morgan fingerprint density at radius 3 is 2.21 bits per heavy atom. The molecule has 178 valence electrons. The van der Waals surface area contributed by atoms with Crippen LogP contribution in [0.5, 0.6) is 5.75 Å². The van der Waals surface area contributed by atoms with Gasteiger partial charge in [-0.1, -0.05) is 42.5 Å². The van der Waals surface area contributed by atoms with Crippen LogP contribution in [0.25, 0.3) is 0 Å². The fourth-order valence-corrected chi connectivity index (χ4v) is 3.89. The largest absolute Gasteiger partial charge is 0.435 e. The minimum absolute atomic E-state index is 0.0695. The lowest BCUT2D eigenvalue weighted by Gasteiger charge is -2.28. The van der Waals surface area contributed by atoms with Crippen LogP contribution in [0.2, 0.25) is 0 Å². The molecule has 1 heterocycles. The molecule has 0 unspecified atom stereocenters. The van der Waals surface area contributed by atoms with E-state index in [1.54, 1.807) is 12.1 Å². The number of rotatable bonds is 9. The maximum atomic E-state index is 12.6. The first-order valence-corrected chi connectivity index (χ1v) is 11.1. The zero-order chi connectivity index (χ0) is 23.8. The molecular weight excluding hydrogens is 440 g/mol. The van der Waals surface area contributed by atoms with Gasteiger partial charge in [-0.3, -0.25) is 10.1 Å². The number of morpholine rings is 1. The number of nitrogens with one attached hydrogen (secondary N) is 2. The zero-order valence-corrected chi connectivity index (χ0v) is 18.6. The van der Waals surface area contributed by atoms with Crippen LogP contribution in [-0.4, -0.2) is 45.4 Å². The number of hydrogen-bond acceptors (Lipinski definition) is 5. The SMILES string of the molecule is O=C(CN[C@@H](c1ccccc1)c1ccc(OC(F)F)cc1)Nc1ccc(N2CCOCC2)cc1. The van der Waals surface area contributed by atoms with E-state index in [1.165, 1.54) is 12.1 Å². The fraction of sp³-hybridized carbons (Fsp3) is 0.269. The number of benzene rings is 3. The summed E-state index contributed by atoms with van der Waals surface area (Å²) >= 11 is 0. The van der Waals surface area contributed by atoms with Crippen LogP contribution in [0.15, 0.2) is 78.9 Å². The van der Waals surface area contributed by atoms with Crippen molar-refractivity contribution in [3.63, 3.8) is 0 Å². The molecule has 34 heavy (non-hydrogen) atoms. The number of ether oxygens (including phenoxy) is 2. The van der Waals surface area contributed by atoms with Gasteiger partial charge in [-0.25, -0.2) is 0 Å². The van der Waals surface area contributed by atoms with Crippen molar-refractivity contribution in [3.05, 3.63) is 90.0 Å². The predicted octanol–water partition coefficient (Wildman–Crippen LogP) is 4.44. The van der Waals surface area contributed by atoms with Crippen LogP contribution in [0.3, 0.4) is 0 Å². The predicted molar refractivity (Wildman–Crippen MR) is 127 cm³/mol. The van der Waals surface area contributed by atoms with Crippen molar-refractivity contribution in [2.75, 3.05) is 43.1 Å². The van der Waals surface area contributed by atoms with Gasteiger partial charge in [-0.2, -0.15) is 8.78 Å². The highest BCUT2D eigenvalue weighted by Gasteiger charge is 2.16. The highest BCUT2D eigenvalue weighted by atomic mass is 19.3. The molecule has 1 amide bonds. The molecule has 1 saturated heterocycles. The van der Waals surface area contributed by atoms with E-state index in [-0.39, 0.29) is 24.2 Å². The van der Waals surface area contributed by atoms with Crippen molar-refractivity contribution in [2.45, 2.75) is 12.7 Å². The summed E-state index contributed by atoms with van der Waals surface area (Å²) in [5, 5.41) is 6.19. The molecule has 1 atom stereocenters. The Morgan fingerprint density at radius 2 is 1.56 bits per heavy atom. The van der Waals surface area contributed by atoms with Crippen LogP contribution in [0.1, 0.15) is 17.2 Å². The topological polar surface area (TPSA) is 62.8 Å². The molecule has 2 N–H and O–H groups in total. The van der Waals surface area contributed by atoms with Gasteiger partial charge in [0.1, 0.15) is 5.75 Å². The van der Waals surface area contributed by atoms with Crippen LogP contribution in [0.4, 0.5) is 20.2 Å². The Balaban J connectivity index is 1.38. The van der Waals surface area contributed by atoms with Crippen molar-refractivity contribution >= 4 is 17.3 Å². The van der Waals surface area contributed by atoms with Crippen molar-refractivity contribution in [1.29, 1.82) is 0 Å². The Hall–Kier alpha value is -3.49. The van der Waals surface area contributed by atoms with E-state index < -0.39 is 6.61 Å². The first kappa shape index (κ1) is 23.7. The van der Waals surface area contributed by atoms with Gasteiger partial charge in [0.2, 0.25) is 5.91 Å². The van der Waals surface area contributed by atoms with Crippen LogP contribution in [-0.2, 0) is 9.53 Å². The van der Waals surface area contributed by atoms with Gasteiger partial charge in [0.15, 0.2) is 0 Å². The van der Waals surface area contributed by atoms with E-state index in [4.69, 9.17) is 4.74 Å². The molecule has 0 saturated carbocycles. The third kappa shape index (κ3) is 6.52. The summed E-state index contributed by atoms with van der Waals surface area (Å²) in [4.78, 5) is 14.9. The Kier molecular flexibility index (Phi) is 8.06. The molecule has 0 aliphatic carbocycles. The smallest absolute Gasteiger partial charge is 0.387 e. The number of nitrogens with zero attached hydrogens (tertiary/aromatic N) is 1. The summed E-state index contributed by atoms with van der Waals surface area (Å²) in [5.41, 5.74) is 3.60. The Labute approximate surface area is 197 Å². The van der Waals surface area contributed by atoms with Gasteiger partial charge in [0, 0.05) is 24.5 Å². The second-order valence-electron chi connectivity index (χ2n) is 7.87. The molecule has 3 aromatic carbocycles. The van der Waals surface area contributed by atoms with E-state index in [1.807, 2.05) is 54.6 Å².